The first-order valence-corrected chi connectivity index (χ1v) is 6.47. The number of aromatic nitrogens is 3. The van der Waals surface area contributed by atoms with Crippen molar-refractivity contribution >= 4 is 5.52 Å². The number of aliphatic hydroxyl groups excluding tert-OH is 3. The highest BCUT2D eigenvalue weighted by molar-refractivity contribution is 5.54. The van der Waals surface area contributed by atoms with Crippen molar-refractivity contribution in [3.63, 3.8) is 0 Å². The van der Waals surface area contributed by atoms with E-state index in [1.807, 2.05) is 0 Å². The Morgan fingerprint density at radius 2 is 2.18 bits per heavy atom. The van der Waals surface area contributed by atoms with Gasteiger partial charge in [0.2, 0.25) is 5.60 Å². The van der Waals surface area contributed by atoms with Gasteiger partial charge in [-0.3, -0.25) is 0 Å². The van der Waals surface area contributed by atoms with E-state index in [9.17, 15) is 19.9 Å². The van der Waals surface area contributed by atoms with Crippen molar-refractivity contribution in [2.24, 2.45) is 0 Å². The van der Waals surface area contributed by atoms with E-state index in [1.165, 1.54) is 16.9 Å². The monoisotopic (exact) mass is 308 g/mol. The summed E-state index contributed by atoms with van der Waals surface area (Å²) in [4.78, 5) is 3.99. The highest BCUT2D eigenvalue weighted by Crippen LogP contribution is 2.45. The van der Waals surface area contributed by atoms with Crippen molar-refractivity contribution in [2.75, 3.05) is 6.61 Å². The largest absolute Gasteiger partial charge is 0.390 e. The molecule has 0 unspecified atom stereocenters. The van der Waals surface area contributed by atoms with Crippen molar-refractivity contribution in [1.82, 2.24) is 14.6 Å². The second-order valence-corrected chi connectivity index (χ2v) is 5.14. The van der Waals surface area contributed by atoms with E-state index in [-0.39, 0.29) is 5.69 Å². The van der Waals surface area contributed by atoms with E-state index in [0.29, 0.717) is 11.2 Å². The number of aliphatic hydroxyl groups is 3. The Labute approximate surface area is 124 Å². The molecule has 9 heteroatoms. The molecule has 4 atom stereocenters. The van der Waals surface area contributed by atoms with Gasteiger partial charge in [0.25, 0.3) is 5.85 Å². The number of nitriles is 1. The lowest BCUT2D eigenvalue weighted by Crippen LogP contribution is -2.43. The summed E-state index contributed by atoms with van der Waals surface area (Å²) < 4.78 is 20.6. The fraction of sp³-hybridized carbons (Fsp3) is 0.462. The molecular formula is C13H13FN4O4. The molecule has 22 heavy (non-hydrogen) atoms. The standard InChI is InChI=1S/C13H13FN4O4/c1-7-8-2-3-9(18(8)17-6-16-7)12(4-15)10(20)11(21)13(14,5-19)22-12/h2-3,6,10-11,19-21H,5H2,1H3/t10-,11+,12+,13-/m1/s1. The topological polar surface area (TPSA) is 124 Å². The molecular weight excluding hydrogens is 295 g/mol. The number of nitrogens with zero attached hydrogens (tertiary/aromatic N) is 4. The van der Waals surface area contributed by atoms with Crippen LogP contribution in [0.25, 0.3) is 5.52 Å². The second kappa shape index (κ2) is 4.69. The Morgan fingerprint density at radius 1 is 1.45 bits per heavy atom. The highest BCUT2D eigenvalue weighted by Gasteiger charge is 2.65. The first kappa shape index (κ1) is 14.8. The number of ether oxygens (including phenoxy) is 1. The van der Waals surface area contributed by atoms with Gasteiger partial charge in [0, 0.05) is 0 Å². The molecule has 0 aliphatic carbocycles. The Balaban J connectivity index is 2.23. The van der Waals surface area contributed by atoms with Gasteiger partial charge in [-0.1, -0.05) is 0 Å². The van der Waals surface area contributed by atoms with Crippen LogP contribution in [-0.2, 0) is 10.3 Å². The first-order valence-electron chi connectivity index (χ1n) is 6.47. The molecule has 1 aliphatic heterocycles. The predicted octanol–water partition coefficient (Wildman–Crippen LogP) is -0.833. The number of alkyl halides is 1. The molecule has 2 aromatic heterocycles. The predicted molar refractivity (Wildman–Crippen MR) is 69.0 cm³/mol. The Kier molecular flexibility index (Phi) is 3.15. The number of hydrogen-bond acceptors (Lipinski definition) is 7. The molecule has 0 aromatic carbocycles. The van der Waals surface area contributed by atoms with Crippen LogP contribution in [-0.4, -0.2) is 54.6 Å². The van der Waals surface area contributed by atoms with Gasteiger partial charge >= 0.3 is 0 Å². The molecule has 0 saturated carbocycles. The van der Waals surface area contributed by atoms with Crippen LogP contribution < -0.4 is 0 Å². The maximum atomic E-state index is 14.4. The van der Waals surface area contributed by atoms with Crippen LogP contribution in [0.1, 0.15) is 11.4 Å². The molecule has 1 saturated heterocycles. The summed E-state index contributed by atoms with van der Waals surface area (Å²) in [6, 6.07) is 4.71. The van der Waals surface area contributed by atoms with Gasteiger partial charge in [0.1, 0.15) is 31.2 Å². The van der Waals surface area contributed by atoms with Gasteiger partial charge in [0.05, 0.1) is 16.9 Å². The van der Waals surface area contributed by atoms with Crippen molar-refractivity contribution in [3.05, 3.63) is 29.8 Å². The fourth-order valence-electron chi connectivity index (χ4n) is 2.66. The number of rotatable bonds is 2. The molecule has 3 rings (SSSR count). The molecule has 116 valence electrons. The molecule has 1 aliphatic rings. The third-order valence-corrected chi connectivity index (χ3v) is 3.89. The van der Waals surface area contributed by atoms with E-state index in [2.05, 4.69) is 10.1 Å². The summed E-state index contributed by atoms with van der Waals surface area (Å²) in [6.07, 6.45) is -2.74. The van der Waals surface area contributed by atoms with Crippen molar-refractivity contribution < 1.29 is 24.4 Å². The number of hydrogen-bond donors (Lipinski definition) is 3. The van der Waals surface area contributed by atoms with E-state index in [0.717, 1.165) is 0 Å². The normalized spacial score (nSPS) is 34.9. The first-order chi connectivity index (χ1) is 10.4. The Bertz CT molecular complexity index is 775. The molecule has 0 bridgehead atoms. The van der Waals surface area contributed by atoms with E-state index >= 15 is 0 Å². The molecule has 0 amide bonds. The van der Waals surface area contributed by atoms with Crippen molar-refractivity contribution in [3.8, 4) is 6.07 Å². The molecule has 0 radical (unpaired) electrons. The van der Waals surface area contributed by atoms with E-state index in [1.54, 1.807) is 19.1 Å². The van der Waals surface area contributed by atoms with Gasteiger partial charge < -0.3 is 20.1 Å². The zero-order valence-corrected chi connectivity index (χ0v) is 11.5. The quantitative estimate of drug-likeness (QED) is 0.661. The summed E-state index contributed by atoms with van der Waals surface area (Å²) >= 11 is 0. The lowest BCUT2D eigenvalue weighted by atomic mass is 9.92. The van der Waals surface area contributed by atoms with Crippen molar-refractivity contribution in [2.45, 2.75) is 30.6 Å². The van der Waals surface area contributed by atoms with Crippen LogP contribution in [0.4, 0.5) is 4.39 Å². The molecule has 8 nitrogen and oxygen atoms in total. The Hall–Kier alpha value is -2.12. The van der Waals surface area contributed by atoms with Gasteiger partial charge in [-0.25, -0.2) is 13.9 Å². The summed E-state index contributed by atoms with van der Waals surface area (Å²) in [7, 11) is 0. The lowest BCUT2D eigenvalue weighted by molar-refractivity contribution is -0.212. The second-order valence-electron chi connectivity index (χ2n) is 5.14. The number of fused-ring (bicyclic) bond motifs is 1. The molecule has 3 N–H and O–H groups in total. The third-order valence-electron chi connectivity index (χ3n) is 3.89. The lowest BCUT2D eigenvalue weighted by Gasteiger charge is -2.24. The minimum absolute atomic E-state index is 0.0371. The van der Waals surface area contributed by atoms with Crippen molar-refractivity contribution in [1.29, 1.82) is 5.26 Å². The highest BCUT2D eigenvalue weighted by atomic mass is 19.2. The van der Waals surface area contributed by atoms with Gasteiger partial charge in [-0.05, 0) is 19.1 Å². The average Bonchev–Trinajstić information content (AvgIpc) is 3.03. The minimum atomic E-state index is -2.94. The molecule has 3 heterocycles. The summed E-state index contributed by atoms with van der Waals surface area (Å²) in [5, 5.41) is 42.5. The average molecular weight is 308 g/mol. The Morgan fingerprint density at radius 3 is 2.77 bits per heavy atom. The van der Waals surface area contributed by atoms with Crippen LogP contribution in [0.15, 0.2) is 18.5 Å². The molecule has 2 aromatic rings. The van der Waals surface area contributed by atoms with E-state index in [4.69, 9.17) is 9.84 Å². The molecule has 1 fully saturated rings. The van der Waals surface area contributed by atoms with Crippen LogP contribution in [0.5, 0.6) is 0 Å². The summed E-state index contributed by atoms with van der Waals surface area (Å²) in [5.41, 5.74) is -1.02. The fourth-order valence-corrected chi connectivity index (χ4v) is 2.66. The maximum Gasteiger partial charge on any atom is 0.263 e. The van der Waals surface area contributed by atoms with Crippen LogP contribution in [0, 0.1) is 18.3 Å². The number of aryl methyl sites for hydroxylation is 1. The third kappa shape index (κ3) is 1.69. The van der Waals surface area contributed by atoms with Gasteiger partial charge in [-0.15, -0.1) is 0 Å². The summed E-state index contributed by atoms with van der Waals surface area (Å²) in [6.45, 7) is 0.514. The van der Waals surface area contributed by atoms with E-state index < -0.39 is 30.3 Å². The smallest absolute Gasteiger partial charge is 0.263 e. The SMILES string of the molecule is Cc1ncnn2c([C@]3(C#N)O[C@](F)(CO)[C@@H](O)[C@H]3O)ccc12. The minimum Gasteiger partial charge on any atom is -0.390 e. The summed E-state index contributed by atoms with van der Waals surface area (Å²) in [5.74, 6) is -2.94. The maximum absolute atomic E-state index is 14.4. The van der Waals surface area contributed by atoms with Gasteiger partial charge in [0.15, 0.2) is 0 Å². The number of halogens is 1. The van der Waals surface area contributed by atoms with Crippen LogP contribution >= 0.6 is 0 Å². The van der Waals surface area contributed by atoms with Gasteiger partial charge in [-0.2, -0.15) is 10.4 Å². The van der Waals surface area contributed by atoms with Crippen LogP contribution in [0.2, 0.25) is 0 Å². The zero-order valence-electron chi connectivity index (χ0n) is 11.5. The molecule has 0 spiro atoms. The van der Waals surface area contributed by atoms with Crippen LogP contribution in [0.3, 0.4) is 0 Å². The zero-order chi connectivity index (χ0) is 16.1.